The van der Waals surface area contributed by atoms with E-state index in [0.29, 0.717) is 17.7 Å². The van der Waals surface area contributed by atoms with Crippen LogP contribution in [0.25, 0.3) is 10.9 Å². The van der Waals surface area contributed by atoms with Crippen LogP contribution in [0.5, 0.6) is 0 Å². The van der Waals surface area contributed by atoms with E-state index in [9.17, 15) is 8.42 Å². The van der Waals surface area contributed by atoms with Crippen LogP contribution in [0.2, 0.25) is 0 Å². The van der Waals surface area contributed by atoms with Crippen molar-refractivity contribution in [2.45, 2.75) is 37.1 Å². The third-order valence-electron chi connectivity index (χ3n) is 6.02. The number of aromatic amines is 2. The van der Waals surface area contributed by atoms with Crippen molar-refractivity contribution < 1.29 is 8.42 Å². The van der Waals surface area contributed by atoms with Crippen molar-refractivity contribution in [3.63, 3.8) is 0 Å². The first-order valence-corrected chi connectivity index (χ1v) is 13.1. The van der Waals surface area contributed by atoms with Gasteiger partial charge in [0.05, 0.1) is 11.2 Å². The SMILES string of the molecule is CS(=O)(=O)c1ccc(Cc2nnc(Cc3c[nH]c4ccccc34)n2CCCc2cnc[nH]2)cc1. The largest absolute Gasteiger partial charge is 0.361 e. The Morgan fingerprint density at radius 1 is 0.941 bits per heavy atom. The predicted molar refractivity (Wildman–Crippen MR) is 130 cm³/mol. The van der Waals surface area contributed by atoms with Crippen molar-refractivity contribution in [2.75, 3.05) is 6.26 Å². The van der Waals surface area contributed by atoms with Gasteiger partial charge in [-0.3, -0.25) is 0 Å². The fourth-order valence-corrected chi connectivity index (χ4v) is 4.86. The van der Waals surface area contributed by atoms with Crippen molar-refractivity contribution >= 4 is 20.7 Å². The number of benzene rings is 2. The predicted octanol–water partition coefficient (Wildman–Crippen LogP) is 3.70. The average Bonchev–Trinajstić information content (AvgIpc) is 3.56. The molecule has 0 bridgehead atoms. The van der Waals surface area contributed by atoms with Crippen molar-refractivity contribution in [3.8, 4) is 0 Å². The summed E-state index contributed by atoms with van der Waals surface area (Å²) in [6.45, 7) is 0.778. The van der Waals surface area contributed by atoms with Crippen LogP contribution < -0.4 is 0 Å². The number of imidazole rings is 1. The standard InChI is InChI=1S/C25H26N6O2S/c1-34(32,33)21-10-8-18(9-11-21)13-24-29-30-25(31(24)12-4-5-20-16-26-17-28-20)14-19-15-27-23-7-3-2-6-22(19)23/h2-3,6-11,15-17,27H,4-5,12-14H2,1H3,(H,26,28). The number of para-hydroxylation sites is 1. The van der Waals surface area contributed by atoms with Gasteiger partial charge in [0, 0.05) is 54.6 Å². The molecular weight excluding hydrogens is 448 g/mol. The van der Waals surface area contributed by atoms with Crippen LogP contribution in [0, 0.1) is 0 Å². The molecule has 0 atom stereocenters. The molecule has 2 N–H and O–H groups in total. The summed E-state index contributed by atoms with van der Waals surface area (Å²) >= 11 is 0. The molecule has 0 unspecified atom stereocenters. The second kappa shape index (κ2) is 9.26. The molecular formula is C25H26N6O2S. The maximum Gasteiger partial charge on any atom is 0.175 e. The second-order valence-electron chi connectivity index (χ2n) is 8.49. The van der Waals surface area contributed by atoms with E-state index in [4.69, 9.17) is 0 Å². The zero-order valence-electron chi connectivity index (χ0n) is 18.9. The zero-order valence-corrected chi connectivity index (χ0v) is 19.7. The fourth-order valence-electron chi connectivity index (χ4n) is 4.23. The third-order valence-corrected chi connectivity index (χ3v) is 7.15. The normalized spacial score (nSPS) is 11.9. The van der Waals surface area contributed by atoms with Crippen LogP contribution in [0.4, 0.5) is 0 Å². The molecule has 0 spiro atoms. The summed E-state index contributed by atoms with van der Waals surface area (Å²) in [4.78, 5) is 10.9. The van der Waals surface area contributed by atoms with Gasteiger partial charge in [-0.05, 0) is 42.2 Å². The lowest BCUT2D eigenvalue weighted by Crippen LogP contribution is -2.10. The van der Waals surface area contributed by atoms with E-state index < -0.39 is 9.84 Å². The zero-order chi connectivity index (χ0) is 23.5. The van der Waals surface area contributed by atoms with Crippen molar-refractivity contribution in [1.82, 2.24) is 29.7 Å². The lowest BCUT2D eigenvalue weighted by molar-refractivity contribution is 0.593. The molecule has 3 heterocycles. The minimum absolute atomic E-state index is 0.317. The molecule has 2 aromatic carbocycles. The number of hydrogen-bond donors (Lipinski definition) is 2. The highest BCUT2D eigenvalue weighted by atomic mass is 32.2. The van der Waals surface area contributed by atoms with Gasteiger partial charge in [-0.2, -0.15) is 0 Å². The quantitative estimate of drug-likeness (QED) is 0.339. The molecule has 0 radical (unpaired) electrons. The molecule has 0 fully saturated rings. The van der Waals surface area contributed by atoms with E-state index in [1.807, 2.05) is 36.7 Å². The summed E-state index contributed by atoms with van der Waals surface area (Å²) in [7, 11) is -3.22. The molecule has 5 aromatic rings. The fraction of sp³-hybridized carbons (Fsp3) is 0.240. The molecule has 0 saturated heterocycles. The van der Waals surface area contributed by atoms with Gasteiger partial charge >= 0.3 is 0 Å². The molecule has 0 amide bonds. The Labute approximate surface area is 198 Å². The maximum absolute atomic E-state index is 11.8. The number of aromatic nitrogens is 6. The first kappa shape index (κ1) is 22.1. The molecule has 34 heavy (non-hydrogen) atoms. The van der Waals surface area contributed by atoms with Gasteiger partial charge in [0.1, 0.15) is 11.6 Å². The Hall–Kier alpha value is -3.72. The second-order valence-corrected chi connectivity index (χ2v) is 10.5. The summed E-state index contributed by atoms with van der Waals surface area (Å²) in [5, 5.41) is 10.3. The molecule has 0 aliphatic heterocycles. The molecule has 5 rings (SSSR count). The first-order chi connectivity index (χ1) is 16.5. The van der Waals surface area contributed by atoms with Gasteiger partial charge in [-0.1, -0.05) is 30.3 Å². The highest BCUT2D eigenvalue weighted by Gasteiger charge is 2.16. The highest BCUT2D eigenvalue weighted by molar-refractivity contribution is 7.90. The lowest BCUT2D eigenvalue weighted by atomic mass is 10.1. The Balaban J connectivity index is 1.41. The summed E-state index contributed by atoms with van der Waals surface area (Å²) in [6, 6.07) is 15.2. The number of nitrogens with one attached hydrogen (secondary N) is 2. The Morgan fingerprint density at radius 2 is 1.71 bits per heavy atom. The number of sulfone groups is 1. The lowest BCUT2D eigenvalue weighted by Gasteiger charge is -2.11. The van der Waals surface area contributed by atoms with Crippen LogP contribution in [-0.4, -0.2) is 44.4 Å². The Kier molecular flexibility index (Phi) is 6.02. The molecule has 174 valence electrons. The minimum Gasteiger partial charge on any atom is -0.361 e. The first-order valence-electron chi connectivity index (χ1n) is 11.2. The van der Waals surface area contributed by atoms with Crippen LogP contribution >= 0.6 is 0 Å². The van der Waals surface area contributed by atoms with Gasteiger partial charge < -0.3 is 14.5 Å². The van der Waals surface area contributed by atoms with E-state index in [1.54, 1.807) is 18.5 Å². The van der Waals surface area contributed by atoms with Crippen molar-refractivity contribution in [1.29, 1.82) is 0 Å². The Morgan fingerprint density at radius 3 is 2.44 bits per heavy atom. The minimum atomic E-state index is -3.22. The molecule has 0 aliphatic rings. The number of hydrogen-bond acceptors (Lipinski definition) is 5. The van der Waals surface area contributed by atoms with Crippen molar-refractivity contribution in [3.05, 3.63) is 95.7 Å². The van der Waals surface area contributed by atoms with Crippen LogP contribution in [-0.2, 0) is 35.6 Å². The van der Waals surface area contributed by atoms with E-state index in [1.165, 1.54) is 17.2 Å². The number of nitrogens with zero attached hydrogens (tertiary/aromatic N) is 4. The molecule has 0 saturated carbocycles. The summed E-state index contributed by atoms with van der Waals surface area (Å²) in [5.41, 5.74) is 4.38. The molecule has 8 nitrogen and oxygen atoms in total. The molecule has 3 aromatic heterocycles. The Bertz CT molecular complexity index is 1500. The van der Waals surface area contributed by atoms with Crippen LogP contribution in [0.15, 0.2) is 72.1 Å². The number of rotatable bonds is 9. The van der Waals surface area contributed by atoms with Gasteiger partial charge in [0.25, 0.3) is 0 Å². The molecule has 0 aliphatic carbocycles. The molecule has 9 heteroatoms. The average molecular weight is 475 g/mol. The number of H-pyrrole nitrogens is 2. The van der Waals surface area contributed by atoms with Crippen LogP contribution in [0.1, 0.15) is 34.9 Å². The van der Waals surface area contributed by atoms with E-state index in [0.717, 1.165) is 47.8 Å². The maximum atomic E-state index is 11.8. The van der Waals surface area contributed by atoms with E-state index >= 15 is 0 Å². The van der Waals surface area contributed by atoms with Gasteiger partial charge in [0.2, 0.25) is 0 Å². The smallest absolute Gasteiger partial charge is 0.175 e. The summed E-state index contributed by atoms with van der Waals surface area (Å²) < 4.78 is 25.8. The van der Waals surface area contributed by atoms with Gasteiger partial charge in [0.15, 0.2) is 9.84 Å². The topological polar surface area (TPSA) is 109 Å². The highest BCUT2D eigenvalue weighted by Crippen LogP contribution is 2.22. The van der Waals surface area contributed by atoms with Crippen molar-refractivity contribution in [2.24, 2.45) is 0 Å². The summed E-state index contributed by atoms with van der Waals surface area (Å²) in [5.74, 6) is 1.78. The number of fused-ring (bicyclic) bond motifs is 1. The van der Waals surface area contributed by atoms with E-state index in [-0.39, 0.29) is 0 Å². The van der Waals surface area contributed by atoms with Crippen LogP contribution in [0.3, 0.4) is 0 Å². The number of aryl methyl sites for hydroxylation is 1. The third kappa shape index (κ3) is 4.79. The van der Waals surface area contributed by atoms with Gasteiger partial charge in [-0.15, -0.1) is 10.2 Å². The monoisotopic (exact) mass is 474 g/mol. The van der Waals surface area contributed by atoms with E-state index in [2.05, 4.69) is 41.8 Å². The van der Waals surface area contributed by atoms with Gasteiger partial charge in [-0.25, -0.2) is 13.4 Å². The summed E-state index contributed by atoms with van der Waals surface area (Å²) in [6.07, 6.45) is 9.86.